The molecule has 5 nitrogen and oxygen atoms in total. The highest BCUT2D eigenvalue weighted by Gasteiger charge is 2.38. The molecule has 0 aromatic heterocycles. The number of sulfonamides is 1. The van der Waals surface area contributed by atoms with Gasteiger partial charge in [0.15, 0.2) is 0 Å². The Hall–Kier alpha value is -1.60. The normalized spacial score (nSPS) is 18.2. The Kier molecular flexibility index (Phi) is 4.57. The van der Waals surface area contributed by atoms with Gasteiger partial charge in [-0.3, -0.25) is 0 Å². The molecule has 0 saturated carbocycles. The van der Waals surface area contributed by atoms with E-state index in [2.05, 4.69) is 0 Å². The van der Waals surface area contributed by atoms with Gasteiger partial charge in [0.2, 0.25) is 10.0 Å². The highest BCUT2D eigenvalue weighted by Crippen LogP contribution is 2.35. The SMILES string of the molecule is O=C([O-])[C@@H]1Cc2ccccc2CN1S(=O)(=O)c1c(Cl)cccc1Cl. The van der Waals surface area contributed by atoms with E-state index >= 15 is 0 Å². The van der Waals surface area contributed by atoms with Crippen molar-refractivity contribution in [1.82, 2.24) is 4.31 Å². The Labute approximate surface area is 149 Å². The second-order valence-electron chi connectivity index (χ2n) is 5.41. The van der Waals surface area contributed by atoms with Crippen molar-refractivity contribution < 1.29 is 18.3 Å². The number of carbonyl (C=O) groups is 1. The predicted molar refractivity (Wildman–Crippen MR) is 88.1 cm³/mol. The molecule has 0 aliphatic carbocycles. The lowest BCUT2D eigenvalue weighted by Gasteiger charge is -2.36. The smallest absolute Gasteiger partial charge is 0.246 e. The monoisotopic (exact) mass is 384 g/mol. The van der Waals surface area contributed by atoms with Gasteiger partial charge in [0.25, 0.3) is 0 Å². The average molecular weight is 385 g/mol. The van der Waals surface area contributed by atoms with Crippen LogP contribution in [0.2, 0.25) is 10.0 Å². The van der Waals surface area contributed by atoms with Crippen LogP contribution in [0.5, 0.6) is 0 Å². The van der Waals surface area contributed by atoms with Crippen LogP contribution in [0.4, 0.5) is 0 Å². The molecular formula is C16H12Cl2NO4S-. The molecule has 2 aromatic carbocycles. The number of carboxylic acid groups (broad SMARTS) is 1. The number of hydrogen-bond acceptors (Lipinski definition) is 4. The summed E-state index contributed by atoms with van der Waals surface area (Å²) in [5, 5.41) is 11.4. The van der Waals surface area contributed by atoms with Crippen LogP contribution in [0, 0.1) is 0 Å². The van der Waals surface area contributed by atoms with Gasteiger partial charge in [0.05, 0.1) is 22.1 Å². The predicted octanol–water partition coefficient (Wildman–Crippen LogP) is 1.86. The van der Waals surface area contributed by atoms with E-state index in [-0.39, 0.29) is 27.9 Å². The van der Waals surface area contributed by atoms with E-state index in [1.807, 2.05) is 0 Å². The van der Waals surface area contributed by atoms with E-state index in [0.29, 0.717) is 0 Å². The first kappa shape index (κ1) is 17.2. The van der Waals surface area contributed by atoms with Crippen molar-refractivity contribution in [2.45, 2.75) is 23.9 Å². The molecule has 0 radical (unpaired) electrons. The number of halogens is 2. The zero-order valence-electron chi connectivity index (χ0n) is 12.3. The second-order valence-corrected chi connectivity index (χ2v) is 8.05. The van der Waals surface area contributed by atoms with Gasteiger partial charge in [-0.1, -0.05) is 53.5 Å². The van der Waals surface area contributed by atoms with E-state index in [0.717, 1.165) is 15.4 Å². The van der Waals surface area contributed by atoms with Gasteiger partial charge in [-0.05, 0) is 29.7 Å². The molecule has 1 atom stereocenters. The minimum absolute atomic E-state index is 0.0276. The fourth-order valence-electron chi connectivity index (χ4n) is 2.80. The Bertz CT molecular complexity index is 894. The van der Waals surface area contributed by atoms with Crippen molar-refractivity contribution in [3.8, 4) is 0 Å². The van der Waals surface area contributed by atoms with Gasteiger partial charge in [-0.2, -0.15) is 4.31 Å². The maximum absolute atomic E-state index is 13.0. The molecule has 126 valence electrons. The summed E-state index contributed by atoms with van der Waals surface area (Å²) in [6.45, 7) is -0.0846. The van der Waals surface area contributed by atoms with Gasteiger partial charge < -0.3 is 9.90 Å². The largest absolute Gasteiger partial charge is 0.548 e. The summed E-state index contributed by atoms with van der Waals surface area (Å²) < 4.78 is 26.9. The molecule has 0 bridgehead atoms. The zero-order chi connectivity index (χ0) is 17.5. The van der Waals surface area contributed by atoms with Gasteiger partial charge in [0, 0.05) is 6.54 Å². The third-order valence-electron chi connectivity index (χ3n) is 3.96. The molecule has 0 spiro atoms. The van der Waals surface area contributed by atoms with Crippen LogP contribution in [0.1, 0.15) is 11.1 Å². The molecule has 2 aromatic rings. The van der Waals surface area contributed by atoms with Gasteiger partial charge in [-0.15, -0.1) is 0 Å². The fraction of sp³-hybridized carbons (Fsp3) is 0.188. The van der Waals surface area contributed by atoms with E-state index in [1.165, 1.54) is 18.2 Å². The van der Waals surface area contributed by atoms with Crippen molar-refractivity contribution in [2.24, 2.45) is 0 Å². The maximum atomic E-state index is 13.0. The zero-order valence-corrected chi connectivity index (χ0v) is 14.6. The molecule has 0 N–H and O–H groups in total. The Morgan fingerprint density at radius 1 is 1.04 bits per heavy atom. The molecule has 8 heteroatoms. The van der Waals surface area contributed by atoms with Crippen LogP contribution in [0.15, 0.2) is 47.4 Å². The Morgan fingerprint density at radius 3 is 2.21 bits per heavy atom. The third-order valence-corrected chi connectivity index (χ3v) is 6.77. The number of fused-ring (bicyclic) bond motifs is 1. The van der Waals surface area contributed by atoms with E-state index in [1.54, 1.807) is 24.3 Å². The first-order valence-electron chi connectivity index (χ1n) is 7.06. The molecule has 1 heterocycles. The van der Waals surface area contributed by atoms with Crippen LogP contribution < -0.4 is 5.11 Å². The second kappa shape index (κ2) is 6.37. The average Bonchev–Trinajstić information content (AvgIpc) is 2.53. The van der Waals surface area contributed by atoms with Crippen LogP contribution in [-0.4, -0.2) is 24.7 Å². The van der Waals surface area contributed by atoms with Crippen molar-refractivity contribution in [3.63, 3.8) is 0 Å². The number of hydrogen-bond donors (Lipinski definition) is 0. The molecule has 1 aliphatic heterocycles. The molecule has 0 unspecified atom stereocenters. The van der Waals surface area contributed by atoms with Gasteiger partial charge in [-0.25, -0.2) is 8.42 Å². The summed E-state index contributed by atoms with van der Waals surface area (Å²) in [6.07, 6.45) is 0.0276. The molecule has 3 rings (SSSR count). The minimum Gasteiger partial charge on any atom is -0.548 e. The quantitative estimate of drug-likeness (QED) is 0.808. The van der Waals surface area contributed by atoms with Crippen LogP contribution in [0.3, 0.4) is 0 Å². The molecule has 0 amide bonds. The summed E-state index contributed by atoms with van der Waals surface area (Å²) in [5.41, 5.74) is 1.52. The molecule has 0 saturated heterocycles. The summed E-state index contributed by atoms with van der Waals surface area (Å²) >= 11 is 12.0. The van der Waals surface area contributed by atoms with Crippen LogP contribution in [0.25, 0.3) is 0 Å². The fourth-order valence-corrected chi connectivity index (χ4v) is 5.45. The van der Waals surface area contributed by atoms with Gasteiger partial charge >= 0.3 is 0 Å². The van der Waals surface area contributed by atoms with E-state index in [4.69, 9.17) is 23.2 Å². The first-order valence-corrected chi connectivity index (χ1v) is 9.25. The third kappa shape index (κ3) is 2.91. The Balaban J connectivity index is 2.14. The van der Waals surface area contributed by atoms with Crippen molar-refractivity contribution in [3.05, 3.63) is 63.6 Å². The summed E-state index contributed by atoms with van der Waals surface area (Å²) in [6, 6.07) is 10.1. The van der Waals surface area contributed by atoms with Gasteiger partial charge in [0.1, 0.15) is 4.90 Å². The number of aliphatic carboxylic acids is 1. The maximum Gasteiger partial charge on any atom is 0.246 e. The van der Waals surface area contributed by atoms with E-state index < -0.39 is 22.0 Å². The topological polar surface area (TPSA) is 77.5 Å². The highest BCUT2D eigenvalue weighted by atomic mass is 35.5. The lowest BCUT2D eigenvalue weighted by Crippen LogP contribution is -2.53. The van der Waals surface area contributed by atoms with Crippen molar-refractivity contribution >= 4 is 39.2 Å². The summed E-state index contributed by atoms with van der Waals surface area (Å²) in [7, 11) is -4.21. The number of rotatable bonds is 3. The number of benzene rings is 2. The highest BCUT2D eigenvalue weighted by molar-refractivity contribution is 7.89. The molecule has 24 heavy (non-hydrogen) atoms. The van der Waals surface area contributed by atoms with Crippen molar-refractivity contribution in [1.29, 1.82) is 0 Å². The van der Waals surface area contributed by atoms with Crippen molar-refractivity contribution in [2.75, 3.05) is 0 Å². The summed E-state index contributed by atoms with van der Waals surface area (Å²) in [4.78, 5) is 11.2. The first-order chi connectivity index (χ1) is 11.3. The minimum atomic E-state index is -4.21. The van der Waals surface area contributed by atoms with E-state index in [9.17, 15) is 18.3 Å². The lowest BCUT2D eigenvalue weighted by atomic mass is 9.96. The molecular weight excluding hydrogens is 373 g/mol. The number of carbonyl (C=O) groups excluding carboxylic acids is 1. The number of carboxylic acids is 1. The Morgan fingerprint density at radius 2 is 1.62 bits per heavy atom. The molecule has 0 fully saturated rings. The number of nitrogens with zero attached hydrogens (tertiary/aromatic N) is 1. The van der Waals surface area contributed by atoms with Crippen LogP contribution >= 0.6 is 23.2 Å². The molecule has 1 aliphatic rings. The van der Waals surface area contributed by atoms with Crippen LogP contribution in [-0.2, 0) is 27.8 Å². The summed E-state index contributed by atoms with van der Waals surface area (Å²) in [5.74, 6) is -1.46. The standard InChI is InChI=1S/C16H13Cl2NO4S/c17-12-6-3-7-13(18)15(12)24(22,23)19-9-11-5-2-1-4-10(11)8-14(19)16(20)21/h1-7,14H,8-9H2,(H,20,21)/p-1/t14-/m0/s1. The lowest BCUT2D eigenvalue weighted by molar-refractivity contribution is -0.310.